The van der Waals surface area contributed by atoms with Gasteiger partial charge in [0.15, 0.2) is 5.82 Å². The van der Waals surface area contributed by atoms with Crippen LogP contribution in [0.15, 0.2) is 12.3 Å². The average molecular weight is 435 g/mol. The highest BCUT2D eigenvalue weighted by Gasteiger charge is 2.23. The minimum Gasteiger partial charge on any atom is -0.366 e. The molecular weight excluding hydrogens is 400 g/mol. The fourth-order valence-electron chi connectivity index (χ4n) is 3.84. The van der Waals surface area contributed by atoms with Crippen molar-refractivity contribution in [2.75, 3.05) is 23.4 Å². The van der Waals surface area contributed by atoms with E-state index >= 15 is 0 Å². The van der Waals surface area contributed by atoms with E-state index in [1.54, 1.807) is 0 Å². The van der Waals surface area contributed by atoms with E-state index in [4.69, 9.17) is 9.97 Å². The molecule has 1 fully saturated rings. The molecule has 1 aliphatic carbocycles. The summed E-state index contributed by atoms with van der Waals surface area (Å²) in [5, 5.41) is 7.77. The molecule has 0 saturated heterocycles. The van der Waals surface area contributed by atoms with Crippen molar-refractivity contribution >= 4 is 32.7 Å². The third-order valence-electron chi connectivity index (χ3n) is 5.38. The van der Waals surface area contributed by atoms with Crippen molar-refractivity contribution in [3.05, 3.63) is 18.0 Å². The normalized spacial score (nSPS) is 20.1. The molecule has 2 aromatic rings. The van der Waals surface area contributed by atoms with Gasteiger partial charge in [-0.15, -0.1) is 0 Å². The molecule has 2 heterocycles. The van der Waals surface area contributed by atoms with Gasteiger partial charge in [-0.3, -0.25) is 0 Å². The van der Waals surface area contributed by atoms with E-state index in [-0.39, 0.29) is 12.1 Å². The fraction of sp³-hybridized carbons (Fsp3) is 0.667. The van der Waals surface area contributed by atoms with Crippen LogP contribution in [0.5, 0.6) is 0 Å². The molecule has 8 nitrogen and oxygen atoms in total. The van der Waals surface area contributed by atoms with Crippen molar-refractivity contribution in [2.45, 2.75) is 71.4 Å². The van der Waals surface area contributed by atoms with Crippen LogP contribution >= 0.6 is 0 Å². The summed E-state index contributed by atoms with van der Waals surface area (Å²) in [4.78, 5) is 14.0. The van der Waals surface area contributed by atoms with Crippen molar-refractivity contribution in [1.29, 1.82) is 0 Å². The molecule has 0 atom stereocenters. The lowest BCUT2D eigenvalue weighted by atomic mass is 9.86. The average Bonchev–Trinajstić information content (AvgIpc) is 2.65. The van der Waals surface area contributed by atoms with Crippen molar-refractivity contribution in [1.82, 2.24) is 19.7 Å². The number of pyridine rings is 1. The monoisotopic (exact) mass is 434 g/mol. The second-order valence-electron chi connectivity index (χ2n) is 8.97. The quantitative estimate of drug-likeness (QED) is 0.583. The standard InChI is InChI=1S/C21H34N6O2S/c1-13(2)18-10-16-12-23-21(26-19(16)20(25-18)24-14(3)4)22-11-15-6-8-17(9-7-15)27-30(5,28)29/h10,12-15,17,27H,6-9,11H2,1-5H3,(H,24,25)(H,22,23,26). The minimum atomic E-state index is -3.14. The van der Waals surface area contributed by atoms with E-state index in [9.17, 15) is 8.42 Å². The summed E-state index contributed by atoms with van der Waals surface area (Å²) < 4.78 is 25.5. The van der Waals surface area contributed by atoms with Crippen molar-refractivity contribution in [2.24, 2.45) is 5.92 Å². The highest BCUT2D eigenvalue weighted by molar-refractivity contribution is 7.88. The van der Waals surface area contributed by atoms with E-state index in [0.29, 0.717) is 17.8 Å². The number of nitrogens with zero attached hydrogens (tertiary/aromatic N) is 3. The van der Waals surface area contributed by atoms with Gasteiger partial charge in [0.25, 0.3) is 0 Å². The van der Waals surface area contributed by atoms with Crippen LogP contribution < -0.4 is 15.4 Å². The predicted octanol–water partition coefficient (Wildman–Crippen LogP) is 3.49. The molecule has 1 aliphatic rings. The summed E-state index contributed by atoms with van der Waals surface area (Å²) in [5.41, 5.74) is 1.85. The van der Waals surface area contributed by atoms with Crippen molar-refractivity contribution < 1.29 is 8.42 Å². The molecule has 30 heavy (non-hydrogen) atoms. The smallest absolute Gasteiger partial charge is 0.223 e. The second kappa shape index (κ2) is 9.43. The lowest BCUT2D eigenvalue weighted by molar-refractivity contribution is 0.324. The Labute approximate surface area is 179 Å². The van der Waals surface area contributed by atoms with Gasteiger partial charge in [-0.1, -0.05) is 13.8 Å². The summed E-state index contributed by atoms with van der Waals surface area (Å²) in [6, 6.07) is 2.37. The molecule has 0 spiro atoms. The fourth-order valence-corrected chi connectivity index (χ4v) is 4.68. The maximum atomic E-state index is 11.4. The molecule has 166 valence electrons. The number of hydrogen-bond donors (Lipinski definition) is 3. The molecule has 0 amide bonds. The van der Waals surface area contributed by atoms with Crippen LogP contribution in [0.1, 0.15) is 65.0 Å². The number of anilines is 2. The Morgan fingerprint density at radius 1 is 1.10 bits per heavy atom. The van der Waals surface area contributed by atoms with Gasteiger partial charge in [0.1, 0.15) is 5.52 Å². The number of nitrogens with one attached hydrogen (secondary N) is 3. The van der Waals surface area contributed by atoms with Crippen LogP contribution in [0.4, 0.5) is 11.8 Å². The molecule has 0 bridgehead atoms. The van der Waals surface area contributed by atoms with E-state index in [2.05, 4.69) is 54.1 Å². The molecule has 2 aromatic heterocycles. The van der Waals surface area contributed by atoms with Gasteiger partial charge in [-0.2, -0.15) is 0 Å². The minimum absolute atomic E-state index is 0.0547. The highest BCUT2D eigenvalue weighted by atomic mass is 32.2. The van der Waals surface area contributed by atoms with Crippen LogP contribution in [-0.2, 0) is 10.0 Å². The first-order valence-electron chi connectivity index (χ1n) is 10.8. The van der Waals surface area contributed by atoms with Gasteiger partial charge in [0, 0.05) is 35.9 Å². The SMILES string of the molecule is CC(C)Nc1nc(C(C)C)cc2cnc(NCC3CCC(NS(C)(=O)=O)CC3)nc12. The molecular formula is C21H34N6O2S. The topological polar surface area (TPSA) is 109 Å². The Morgan fingerprint density at radius 2 is 1.80 bits per heavy atom. The van der Waals surface area contributed by atoms with E-state index in [0.717, 1.165) is 54.6 Å². The zero-order chi connectivity index (χ0) is 21.9. The first-order valence-corrected chi connectivity index (χ1v) is 12.6. The largest absolute Gasteiger partial charge is 0.366 e. The van der Waals surface area contributed by atoms with Gasteiger partial charge < -0.3 is 10.6 Å². The third-order valence-corrected chi connectivity index (χ3v) is 6.14. The number of hydrogen-bond acceptors (Lipinski definition) is 7. The number of sulfonamides is 1. The number of fused-ring (bicyclic) bond motifs is 1. The first-order chi connectivity index (χ1) is 14.1. The van der Waals surface area contributed by atoms with Gasteiger partial charge in [0.05, 0.1) is 6.26 Å². The van der Waals surface area contributed by atoms with Crippen LogP contribution in [0.2, 0.25) is 0 Å². The maximum Gasteiger partial charge on any atom is 0.223 e. The second-order valence-corrected chi connectivity index (χ2v) is 10.7. The van der Waals surface area contributed by atoms with E-state index < -0.39 is 10.0 Å². The zero-order valence-corrected chi connectivity index (χ0v) is 19.4. The lowest BCUT2D eigenvalue weighted by Gasteiger charge is -2.28. The molecule has 0 unspecified atom stereocenters. The van der Waals surface area contributed by atoms with Crippen LogP contribution in [-0.4, -0.2) is 48.3 Å². The van der Waals surface area contributed by atoms with Crippen LogP contribution in [0, 0.1) is 5.92 Å². The molecule has 0 aromatic carbocycles. The van der Waals surface area contributed by atoms with Crippen LogP contribution in [0.25, 0.3) is 10.9 Å². The van der Waals surface area contributed by atoms with Crippen LogP contribution in [0.3, 0.4) is 0 Å². The molecule has 3 N–H and O–H groups in total. The van der Waals surface area contributed by atoms with Gasteiger partial charge in [-0.25, -0.2) is 28.1 Å². The Morgan fingerprint density at radius 3 is 2.40 bits per heavy atom. The van der Waals surface area contributed by atoms with Gasteiger partial charge >= 0.3 is 0 Å². The summed E-state index contributed by atoms with van der Waals surface area (Å²) in [6.45, 7) is 9.21. The molecule has 3 rings (SSSR count). The summed E-state index contributed by atoms with van der Waals surface area (Å²) in [7, 11) is -3.14. The number of aromatic nitrogens is 3. The van der Waals surface area contributed by atoms with Crippen molar-refractivity contribution in [3.8, 4) is 0 Å². The molecule has 0 aliphatic heterocycles. The lowest BCUT2D eigenvalue weighted by Crippen LogP contribution is -2.37. The Balaban J connectivity index is 1.68. The molecule has 1 saturated carbocycles. The predicted molar refractivity (Wildman–Crippen MR) is 122 cm³/mol. The summed E-state index contributed by atoms with van der Waals surface area (Å²) >= 11 is 0. The van der Waals surface area contributed by atoms with E-state index in [1.807, 2.05) is 6.20 Å². The molecule has 9 heteroatoms. The molecule has 0 radical (unpaired) electrons. The number of rotatable bonds is 8. The highest BCUT2D eigenvalue weighted by Crippen LogP contribution is 2.27. The Bertz CT molecular complexity index is 969. The zero-order valence-electron chi connectivity index (χ0n) is 18.6. The summed E-state index contributed by atoms with van der Waals surface area (Å²) in [6.07, 6.45) is 6.76. The maximum absolute atomic E-state index is 11.4. The summed E-state index contributed by atoms with van der Waals surface area (Å²) in [5.74, 6) is 2.21. The Kier molecular flexibility index (Phi) is 7.13. The van der Waals surface area contributed by atoms with Gasteiger partial charge in [0.2, 0.25) is 16.0 Å². The Hall–Kier alpha value is -2.00. The van der Waals surface area contributed by atoms with Crippen molar-refractivity contribution in [3.63, 3.8) is 0 Å². The first kappa shape index (κ1) is 22.7. The third kappa shape index (κ3) is 6.25. The van der Waals surface area contributed by atoms with E-state index in [1.165, 1.54) is 6.26 Å². The van der Waals surface area contributed by atoms with Gasteiger partial charge in [-0.05, 0) is 57.4 Å².